The van der Waals surface area contributed by atoms with E-state index >= 15 is 0 Å². The van der Waals surface area contributed by atoms with Crippen LogP contribution in [0, 0.1) is 5.92 Å². The van der Waals surface area contributed by atoms with E-state index in [1.54, 1.807) is 0 Å². The zero-order chi connectivity index (χ0) is 13.5. The first-order valence-corrected chi connectivity index (χ1v) is 6.90. The Bertz CT molecular complexity index is 538. The lowest BCUT2D eigenvalue weighted by atomic mass is 9.75. The minimum Gasteiger partial charge on any atom is -0.376 e. The zero-order valence-corrected chi connectivity index (χ0v) is 11.5. The number of halogens is 1. The Balaban J connectivity index is 2.17. The molecule has 2 aliphatic heterocycles. The van der Waals surface area contributed by atoms with Crippen LogP contribution >= 0.6 is 11.6 Å². The molecule has 0 aromatic carbocycles. The van der Waals surface area contributed by atoms with Crippen molar-refractivity contribution in [3.8, 4) is 0 Å². The van der Waals surface area contributed by atoms with Gasteiger partial charge in [0.2, 0.25) is 5.91 Å². The molecule has 3 nitrogen and oxygen atoms in total. The van der Waals surface area contributed by atoms with Crippen LogP contribution in [-0.4, -0.2) is 24.7 Å². The van der Waals surface area contributed by atoms with Crippen molar-refractivity contribution in [3.05, 3.63) is 46.6 Å². The van der Waals surface area contributed by atoms with Crippen LogP contribution < -0.4 is 5.32 Å². The van der Waals surface area contributed by atoms with Crippen LogP contribution in [0.1, 0.15) is 13.3 Å². The second-order valence-electron chi connectivity index (χ2n) is 5.14. The van der Waals surface area contributed by atoms with E-state index in [0.717, 1.165) is 17.6 Å². The van der Waals surface area contributed by atoms with Crippen LogP contribution in [0.4, 0.5) is 0 Å². The van der Waals surface area contributed by atoms with Crippen LogP contribution in [0.2, 0.25) is 0 Å². The molecule has 1 saturated heterocycles. The van der Waals surface area contributed by atoms with Gasteiger partial charge >= 0.3 is 0 Å². The van der Waals surface area contributed by atoms with Gasteiger partial charge in [0.05, 0.1) is 19.1 Å². The Morgan fingerprint density at radius 1 is 1.42 bits per heavy atom. The first kappa shape index (κ1) is 12.7. The molecule has 1 amide bonds. The highest BCUT2D eigenvalue weighted by Gasteiger charge is 2.48. The van der Waals surface area contributed by atoms with Crippen molar-refractivity contribution >= 4 is 17.5 Å². The molecule has 0 aromatic heterocycles. The summed E-state index contributed by atoms with van der Waals surface area (Å²) in [4.78, 5) is 12.3. The first-order valence-electron chi connectivity index (χ1n) is 6.52. The standard InChI is InChI=1S/C15H16ClNO2/c1-2-11-12-7-10(16)5-3-4-6-13(12)15(8-19-9-15)17-14(11)18/h3-7,11H,2,8-9H2,1H3,(H,17,18)/b4-3?,5-3+,6-4?,10-5?,10-7+,12-7?,13-6?. The summed E-state index contributed by atoms with van der Waals surface area (Å²) in [5, 5.41) is 3.78. The average molecular weight is 278 g/mol. The van der Waals surface area contributed by atoms with Gasteiger partial charge in [0.15, 0.2) is 0 Å². The number of rotatable bonds is 1. The maximum atomic E-state index is 12.3. The summed E-state index contributed by atoms with van der Waals surface area (Å²) in [5.74, 6) is -0.0608. The van der Waals surface area contributed by atoms with Gasteiger partial charge in [-0.05, 0) is 29.7 Å². The van der Waals surface area contributed by atoms with Gasteiger partial charge in [-0.25, -0.2) is 0 Å². The molecule has 19 heavy (non-hydrogen) atoms. The quantitative estimate of drug-likeness (QED) is 0.800. The SMILES string of the molecule is CCC1C(=O)NC2(COC2)C2=C1/C=C(Cl)\C=C\C=C2. The molecule has 1 spiro atoms. The largest absolute Gasteiger partial charge is 0.376 e. The normalized spacial score (nSPS) is 32.6. The van der Waals surface area contributed by atoms with Crippen molar-refractivity contribution in [3.63, 3.8) is 0 Å². The lowest BCUT2D eigenvalue weighted by Gasteiger charge is -2.48. The number of hydrogen-bond acceptors (Lipinski definition) is 2. The summed E-state index contributed by atoms with van der Waals surface area (Å²) in [6.07, 6.45) is 10.5. The molecule has 0 saturated carbocycles. The monoisotopic (exact) mass is 277 g/mol. The average Bonchev–Trinajstić information content (AvgIpc) is 2.31. The zero-order valence-electron chi connectivity index (χ0n) is 10.8. The second-order valence-corrected chi connectivity index (χ2v) is 5.58. The maximum Gasteiger partial charge on any atom is 0.228 e. The van der Waals surface area contributed by atoms with Gasteiger partial charge in [-0.1, -0.05) is 36.8 Å². The Labute approximate surface area is 117 Å². The van der Waals surface area contributed by atoms with E-state index in [9.17, 15) is 4.79 Å². The molecule has 1 atom stereocenters. The van der Waals surface area contributed by atoms with Gasteiger partial charge < -0.3 is 10.1 Å². The summed E-state index contributed by atoms with van der Waals surface area (Å²) >= 11 is 6.18. The molecule has 1 aliphatic carbocycles. The minimum absolute atomic E-state index is 0.0724. The van der Waals surface area contributed by atoms with Gasteiger partial charge in [-0.15, -0.1) is 0 Å². The Kier molecular flexibility index (Phi) is 3.11. The molecule has 3 rings (SSSR count). The Morgan fingerprint density at radius 3 is 2.79 bits per heavy atom. The molecule has 0 aromatic rings. The predicted molar refractivity (Wildman–Crippen MR) is 74.7 cm³/mol. The van der Waals surface area contributed by atoms with Crippen LogP contribution in [0.15, 0.2) is 46.6 Å². The third-order valence-corrected chi connectivity index (χ3v) is 4.14. The Morgan fingerprint density at radius 2 is 2.16 bits per heavy atom. The topological polar surface area (TPSA) is 38.3 Å². The lowest BCUT2D eigenvalue weighted by molar-refractivity contribution is -0.134. The van der Waals surface area contributed by atoms with Crippen LogP contribution in [0.5, 0.6) is 0 Å². The number of fused-ring (bicyclic) bond motifs is 1. The van der Waals surface area contributed by atoms with Crippen molar-refractivity contribution in [2.24, 2.45) is 5.92 Å². The van der Waals surface area contributed by atoms with E-state index in [0.29, 0.717) is 18.2 Å². The van der Waals surface area contributed by atoms with E-state index in [4.69, 9.17) is 16.3 Å². The van der Waals surface area contributed by atoms with Crippen molar-refractivity contribution in [1.29, 1.82) is 0 Å². The van der Waals surface area contributed by atoms with E-state index in [1.165, 1.54) is 0 Å². The van der Waals surface area contributed by atoms with Crippen molar-refractivity contribution in [2.75, 3.05) is 13.2 Å². The van der Waals surface area contributed by atoms with Gasteiger partial charge in [0.25, 0.3) is 0 Å². The highest BCUT2D eigenvalue weighted by atomic mass is 35.5. The molecule has 4 heteroatoms. The second kappa shape index (κ2) is 4.66. The maximum absolute atomic E-state index is 12.3. The summed E-state index contributed by atoms with van der Waals surface area (Å²) in [6.45, 7) is 3.09. The molecule has 100 valence electrons. The summed E-state index contributed by atoms with van der Waals surface area (Å²) in [7, 11) is 0. The third kappa shape index (κ3) is 1.97. The van der Waals surface area contributed by atoms with Gasteiger partial charge in [-0.2, -0.15) is 0 Å². The molecule has 0 bridgehead atoms. The Hall–Kier alpha value is -1.32. The summed E-state index contributed by atoms with van der Waals surface area (Å²) in [5.41, 5.74) is 1.81. The summed E-state index contributed by atoms with van der Waals surface area (Å²) in [6, 6.07) is 0. The number of ether oxygens (including phenoxy) is 1. The number of carbonyl (C=O) groups is 1. The highest BCUT2D eigenvalue weighted by Crippen LogP contribution is 2.39. The van der Waals surface area contributed by atoms with Crippen LogP contribution in [-0.2, 0) is 9.53 Å². The van der Waals surface area contributed by atoms with Crippen molar-refractivity contribution in [2.45, 2.75) is 18.9 Å². The van der Waals surface area contributed by atoms with Crippen molar-refractivity contribution in [1.82, 2.24) is 5.32 Å². The molecule has 3 aliphatic rings. The fourth-order valence-electron chi connectivity index (χ4n) is 2.86. The molecule has 2 heterocycles. The van der Waals surface area contributed by atoms with Crippen LogP contribution in [0.25, 0.3) is 0 Å². The number of amides is 1. The molecular weight excluding hydrogens is 262 g/mol. The number of hydrogen-bond donors (Lipinski definition) is 1. The fraction of sp³-hybridized carbons (Fsp3) is 0.400. The lowest BCUT2D eigenvalue weighted by Crippen LogP contribution is -2.66. The summed E-state index contributed by atoms with van der Waals surface area (Å²) < 4.78 is 5.33. The number of allylic oxidation sites excluding steroid dienone is 5. The molecule has 0 radical (unpaired) electrons. The van der Waals surface area contributed by atoms with Gasteiger partial charge in [0.1, 0.15) is 5.54 Å². The molecule has 1 N–H and O–H groups in total. The van der Waals surface area contributed by atoms with E-state index in [1.807, 2.05) is 31.2 Å². The van der Waals surface area contributed by atoms with Gasteiger partial charge in [-0.3, -0.25) is 4.79 Å². The molecule has 1 fully saturated rings. The van der Waals surface area contributed by atoms with Gasteiger partial charge in [0, 0.05) is 5.03 Å². The van der Waals surface area contributed by atoms with Crippen LogP contribution in [0.3, 0.4) is 0 Å². The van der Waals surface area contributed by atoms with E-state index < -0.39 is 0 Å². The number of carbonyl (C=O) groups excluding carboxylic acids is 1. The highest BCUT2D eigenvalue weighted by molar-refractivity contribution is 6.31. The minimum atomic E-state index is -0.354. The predicted octanol–water partition coefficient (Wildman–Crippen LogP) is 2.46. The van der Waals surface area contributed by atoms with E-state index in [2.05, 4.69) is 11.4 Å². The number of nitrogens with one attached hydrogen (secondary N) is 1. The molecular formula is C15H16ClNO2. The van der Waals surface area contributed by atoms with Crippen molar-refractivity contribution < 1.29 is 9.53 Å². The fourth-order valence-corrected chi connectivity index (χ4v) is 3.05. The third-order valence-electron chi connectivity index (χ3n) is 3.91. The first-order chi connectivity index (χ1) is 9.16. The molecule has 1 unspecified atom stereocenters. The van der Waals surface area contributed by atoms with E-state index in [-0.39, 0.29) is 17.4 Å². The smallest absolute Gasteiger partial charge is 0.228 e.